The summed E-state index contributed by atoms with van der Waals surface area (Å²) in [6.07, 6.45) is 3.09. The van der Waals surface area contributed by atoms with E-state index < -0.39 is 0 Å². The number of likely N-dealkylation sites (N-methyl/N-ethyl adjacent to an activating group) is 1. The molecule has 2 amide bonds. The van der Waals surface area contributed by atoms with Gasteiger partial charge in [-0.2, -0.15) is 0 Å². The molecule has 2 bridgehead atoms. The van der Waals surface area contributed by atoms with E-state index in [1.54, 1.807) is 0 Å². The van der Waals surface area contributed by atoms with Crippen LogP contribution in [-0.2, 0) is 14.3 Å². The molecule has 0 aromatic carbocycles. The largest absolute Gasteiger partial charge is 0.370 e. The van der Waals surface area contributed by atoms with Crippen LogP contribution >= 0.6 is 0 Å². The molecule has 0 aromatic heterocycles. The summed E-state index contributed by atoms with van der Waals surface area (Å²) in [5.41, 5.74) is 0. The molecular formula is C17H29N3O3. The summed E-state index contributed by atoms with van der Waals surface area (Å²) in [5, 5.41) is 3.06. The Kier molecular flexibility index (Phi) is 4.92. The van der Waals surface area contributed by atoms with Crippen LogP contribution in [0, 0.1) is 11.8 Å². The normalized spacial score (nSPS) is 30.1. The summed E-state index contributed by atoms with van der Waals surface area (Å²) in [6.45, 7) is 6.55. The standard InChI is InChI=1S/C17H29N3O3/c1-11(2)19(3)10-16(21)20-8-13-6-14(15(9-20)23-13)17(22)18-7-12-4-5-12/h11-15H,4-10H2,1-3H3,(H,18,22). The SMILES string of the molecule is CC(C)N(C)CC(=O)N1CC2CC(C(=O)NCC3CC3)C(C1)O2. The van der Waals surface area contributed by atoms with Crippen LogP contribution in [0.1, 0.15) is 33.1 Å². The van der Waals surface area contributed by atoms with Gasteiger partial charge in [0, 0.05) is 25.7 Å². The van der Waals surface area contributed by atoms with Crippen molar-refractivity contribution in [3.8, 4) is 0 Å². The van der Waals surface area contributed by atoms with Gasteiger partial charge >= 0.3 is 0 Å². The third kappa shape index (κ3) is 4.04. The lowest BCUT2D eigenvalue weighted by atomic mass is 9.99. The van der Waals surface area contributed by atoms with Gasteiger partial charge in [-0.05, 0) is 46.1 Å². The Bertz CT molecular complexity index is 464. The summed E-state index contributed by atoms with van der Waals surface area (Å²) in [7, 11) is 1.96. The average Bonchev–Trinajstić information content (AvgIpc) is 3.29. The van der Waals surface area contributed by atoms with E-state index in [0.717, 1.165) is 13.0 Å². The third-order valence-electron chi connectivity index (χ3n) is 5.37. The van der Waals surface area contributed by atoms with Crippen LogP contribution < -0.4 is 5.32 Å². The second-order valence-electron chi connectivity index (χ2n) is 7.63. The minimum Gasteiger partial charge on any atom is -0.370 e. The Balaban J connectivity index is 1.52. The molecule has 1 aliphatic carbocycles. The van der Waals surface area contributed by atoms with E-state index in [4.69, 9.17) is 4.74 Å². The Morgan fingerprint density at radius 1 is 1.30 bits per heavy atom. The minimum absolute atomic E-state index is 0.0127. The third-order valence-corrected chi connectivity index (χ3v) is 5.37. The van der Waals surface area contributed by atoms with Crippen molar-refractivity contribution in [2.24, 2.45) is 11.8 Å². The van der Waals surface area contributed by atoms with Crippen molar-refractivity contribution < 1.29 is 14.3 Å². The number of amides is 2. The highest BCUT2D eigenvalue weighted by atomic mass is 16.5. The number of carbonyl (C=O) groups is 2. The van der Waals surface area contributed by atoms with Crippen molar-refractivity contribution in [2.45, 2.75) is 51.4 Å². The first-order valence-electron chi connectivity index (χ1n) is 8.85. The summed E-state index contributed by atoms with van der Waals surface area (Å²) >= 11 is 0. The van der Waals surface area contributed by atoms with Gasteiger partial charge in [0.25, 0.3) is 0 Å². The number of hydrogen-bond acceptors (Lipinski definition) is 4. The van der Waals surface area contributed by atoms with Gasteiger partial charge < -0.3 is 15.0 Å². The molecule has 0 radical (unpaired) electrons. The van der Waals surface area contributed by atoms with Crippen molar-refractivity contribution in [3.63, 3.8) is 0 Å². The van der Waals surface area contributed by atoms with Crippen LogP contribution in [0.25, 0.3) is 0 Å². The maximum absolute atomic E-state index is 12.5. The minimum atomic E-state index is -0.138. The number of likely N-dealkylation sites (tertiary alicyclic amines) is 1. The van der Waals surface area contributed by atoms with Gasteiger partial charge in [-0.25, -0.2) is 0 Å². The topological polar surface area (TPSA) is 61.9 Å². The fourth-order valence-corrected chi connectivity index (χ4v) is 3.33. The highest BCUT2D eigenvalue weighted by Crippen LogP contribution is 2.33. The molecule has 2 heterocycles. The summed E-state index contributed by atoms with van der Waals surface area (Å²) in [4.78, 5) is 28.7. The molecule has 130 valence electrons. The number of morpholine rings is 1. The number of nitrogens with one attached hydrogen (secondary N) is 1. The van der Waals surface area contributed by atoms with Crippen molar-refractivity contribution >= 4 is 11.8 Å². The van der Waals surface area contributed by atoms with E-state index in [1.165, 1.54) is 12.8 Å². The van der Waals surface area contributed by atoms with E-state index in [2.05, 4.69) is 19.2 Å². The van der Waals surface area contributed by atoms with Gasteiger partial charge in [0.15, 0.2) is 0 Å². The lowest BCUT2D eigenvalue weighted by Gasteiger charge is -2.34. The van der Waals surface area contributed by atoms with Gasteiger partial charge in [0.05, 0.1) is 24.7 Å². The van der Waals surface area contributed by atoms with E-state index in [0.29, 0.717) is 31.6 Å². The Morgan fingerprint density at radius 3 is 2.70 bits per heavy atom. The van der Waals surface area contributed by atoms with E-state index in [9.17, 15) is 9.59 Å². The van der Waals surface area contributed by atoms with Crippen LogP contribution in [0.15, 0.2) is 0 Å². The zero-order valence-electron chi connectivity index (χ0n) is 14.5. The number of carbonyl (C=O) groups excluding carboxylic acids is 2. The molecule has 3 rings (SSSR count). The van der Waals surface area contributed by atoms with Crippen LogP contribution in [0.5, 0.6) is 0 Å². The molecular weight excluding hydrogens is 294 g/mol. The lowest BCUT2D eigenvalue weighted by molar-refractivity contribution is -0.143. The van der Waals surface area contributed by atoms with Gasteiger partial charge in [-0.3, -0.25) is 14.5 Å². The molecule has 1 saturated carbocycles. The second kappa shape index (κ2) is 6.77. The van der Waals surface area contributed by atoms with Crippen molar-refractivity contribution in [3.05, 3.63) is 0 Å². The first-order chi connectivity index (χ1) is 10.9. The second-order valence-corrected chi connectivity index (χ2v) is 7.63. The van der Waals surface area contributed by atoms with Crippen LogP contribution in [0.2, 0.25) is 0 Å². The number of rotatable bonds is 6. The molecule has 3 atom stereocenters. The first kappa shape index (κ1) is 16.7. The molecule has 0 spiro atoms. The number of ether oxygens (including phenoxy) is 1. The molecule has 3 aliphatic rings. The number of hydrogen-bond donors (Lipinski definition) is 1. The van der Waals surface area contributed by atoms with Gasteiger partial charge in [0.1, 0.15) is 0 Å². The predicted octanol–water partition coefficient (Wildman–Crippen LogP) is 0.469. The zero-order chi connectivity index (χ0) is 16.6. The molecule has 3 unspecified atom stereocenters. The molecule has 2 saturated heterocycles. The van der Waals surface area contributed by atoms with Crippen molar-refractivity contribution in [1.82, 2.24) is 15.1 Å². The quantitative estimate of drug-likeness (QED) is 0.772. The summed E-state index contributed by atoms with van der Waals surface area (Å²) < 4.78 is 5.92. The fraction of sp³-hybridized carbons (Fsp3) is 0.882. The van der Waals surface area contributed by atoms with E-state index in [1.807, 2.05) is 16.8 Å². The maximum Gasteiger partial charge on any atom is 0.236 e. The zero-order valence-corrected chi connectivity index (χ0v) is 14.5. The Morgan fingerprint density at radius 2 is 2.04 bits per heavy atom. The molecule has 23 heavy (non-hydrogen) atoms. The van der Waals surface area contributed by atoms with Crippen LogP contribution in [0.3, 0.4) is 0 Å². The van der Waals surface area contributed by atoms with Crippen LogP contribution in [0.4, 0.5) is 0 Å². The van der Waals surface area contributed by atoms with Crippen molar-refractivity contribution in [1.29, 1.82) is 0 Å². The molecule has 1 N–H and O–H groups in total. The summed E-state index contributed by atoms with van der Waals surface area (Å²) in [5.74, 6) is 0.834. The smallest absolute Gasteiger partial charge is 0.236 e. The monoisotopic (exact) mass is 323 g/mol. The first-order valence-corrected chi connectivity index (χ1v) is 8.85. The Hall–Kier alpha value is -1.14. The van der Waals surface area contributed by atoms with Gasteiger partial charge in [-0.1, -0.05) is 0 Å². The summed E-state index contributed by atoms with van der Waals surface area (Å²) in [6, 6.07) is 0.345. The van der Waals surface area contributed by atoms with Gasteiger partial charge in [-0.15, -0.1) is 0 Å². The van der Waals surface area contributed by atoms with Crippen molar-refractivity contribution in [2.75, 3.05) is 33.2 Å². The lowest BCUT2D eigenvalue weighted by Crippen LogP contribution is -2.50. The molecule has 6 nitrogen and oxygen atoms in total. The highest BCUT2D eigenvalue weighted by molar-refractivity contribution is 5.81. The Labute approximate surface area is 138 Å². The predicted molar refractivity (Wildman–Crippen MR) is 86.8 cm³/mol. The molecule has 2 aliphatic heterocycles. The van der Waals surface area contributed by atoms with Crippen LogP contribution in [-0.4, -0.2) is 73.1 Å². The average molecular weight is 323 g/mol. The van der Waals surface area contributed by atoms with E-state index in [-0.39, 0.29) is 29.9 Å². The molecule has 3 fully saturated rings. The number of nitrogens with zero attached hydrogens (tertiary/aromatic N) is 2. The maximum atomic E-state index is 12.5. The molecule has 6 heteroatoms. The molecule has 0 aromatic rings. The van der Waals surface area contributed by atoms with Gasteiger partial charge in [0.2, 0.25) is 11.8 Å². The fourth-order valence-electron chi connectivity index (χ4n) is 3.33. The number of fused-ring (bicyclic) bond motifs is 2. The highest BCUT2D eigenvalue weighted by Gasteiger charge is 2.45. The van der Waals surface area contributed by atoms with E-state index >= 15 is 0 Å².